The zero-order valence-electron chi connectivity index (χ0n) is 13.0. The van der Waals surface area contributed by atoms with E-state index in [0.29, 0.717) is 37.0 Å². The summed E-state index contributed by atoms with van der Waals surface area (Å²) in [5, 5.41) is 10.9. The van der Waals surface area contributed by atoms with Crippen molar-refractivity contribution in [3.05, 3.63) is 38.8 Å². The lowest BCUT2D eigenvalue weighted by Crippen LogP contribution is -2.16. The maximum atomic E-state index is 11.6. The van der Waals surface area contributed by atoms with E-state index in [2.05, 4.69) is 20.9 Å². The second-order valence-electron chi connectivity index (χ2n) is 4.97. The molecule has 1 atom stereocenters. The molecule has 8 heteroatoms. The molecule has 0 radical (unpaired) electrons. The summed E-state index contributed by atoms with van der Waals surface area (Å²) in [5.74, 6) is -1.64. The molecule has 0 aliphatic rings. The third kappa shape index (κ3) is 5.26. The van der Waals surface area contributed by atoms with E-state index in [1.54, 1.807) is 19.2 Å². The highest BCUT2D eigenvalue weighted by Gasteiger charge is 2.26. The van der Waals surface area contributed by atoms with Crippen LogP contribution in [0.1, 0.15) is 18.0 Å². The predicted molar refractivity (Wildman–Crippen MR) is 97.9 cm³/mol. The molecule has 5 nitrogen and oxygen atoms in total. The van der Waals surface area contributed by atoms with Crippen LogP contribution in [0, 0.1) is 0 Å². The van der Waals surface area contributed by atoms with E-state index in [9.17, 15) is 9.90 Å². The van der Waals surface area contributed by atoms with Gasteiger partial charge in [-0.15, -0.1) is 11.3 Å². The zero-order valence-corrected chi connectivity index (χ0v) is 16.2. The minimum atomic E-state index is -0.918. The highest BCUT2D eigenvalue weighted by Crippen LogP contribution is 2.37. The molecule has 0 saturated heterocycles. The van der Waals surface area contributed by atoms with Crippen LogP contribution in [0.4, 0.5) is 0 Å². The lowest BCUT2D eigenvalue weighted by Gasteiger charge is -2.11. The Hall–Kier alpha value is -0.990. The number of carboxylic acid groups (broad SMARTS) is 1. The molecule has 1 aromatic carbocycles. The fourth-order valence-electron chi connectivity index (χ4n) is 2.07. The Morgan fingerprint density at radius 1 is 1.33 bits per heavy atom. The number of aliphatic carboxylic acids is 1. The van der Waals surface area contributed by atoms with Gasteiger partial charge in [-0.2, -0.15) is 0 Å². The van der Waals surface area contributed by atoms with Gasteiger partial charge in [-0.1, -0.05) is 23.7 Å². The molecule has 0 bridgehead atoms. The van der Waals surface area contributed by atoms with Gasteiger partial charge in [-0.3, -0.25) is 4.79 Å². The van der Waals surface area contributed by atoms with E-state index in [4.69, 9.17) is 21.1 Å². The first-order valence-electron chi connectivity index (χ1n) is 7.24. The molecule has 2 aromatic rings. The first kappa shape index (κ1) is 19.3. The Bertz CT molecular complexity index is 677. The molecule has 0 fully saturated rings. The molecule has 0 aliphatic heterocycles. The Balaban J connectivity index is 2.12. The van der Waals surface area contributed by atoms with Crippen molar-refractivity contribution in [1.29, 1.82) is 0 Å². The monoisotopic (exact) mass is 433 g/mol. The first-order valence-corrected chi connectivity index (χ1v) is 9.23. The van der Waals surface area contributed by atoms with E-state index in [-0.39, 0.29) is 0 Å². The second-order valence-corrected chi connectivity index (χ2v) is 7.72. The molecule has 1 N–H and O–H groups in total. The van der Waals surface area contributed by atoms with Crippen LogP contribution in [0.15, 0.2) is 28.1 Å². The van der Waals surface area contributed by atoms with Crippen molar-refractivity contribution in [2.75, 3.05) is 26.9 Å². The molecule has 1 unspecified atom stereocenters. The molecule has 0 aliphatic carbocycles. The van der Waals surface area contributed by atoms with Crippen molar-refractivity contribution in [2.24, 2.45) is 0 Å². The van der Waals surface area contributed by atoms with Crippen LogP contribution in [0.3, 0.4) is 0 Å². The van der Waals surface area contributed by atoms with Crippen LogP contribution in [0.25, 0.3) is 10.6 Å². The molecule has 0 saturated carbocycles. The normalized spacial score (nSPS) is 12.3. The summed E-state index contributed by atoms with van der Waals surface area (Å²) in [6.07, 6.45) is 0.349. The quantitative estimate of drug-likeness (QED) is 0.591. The van der Waals surface area contributed by atoms with Crippen LogP contribution in [-0.4, -0.2) is 43.0 Å². The number of ether oxygens (including phenoxy) is 2. The maximum absolute atomic E-state index is 11.6. The minimum absolute atomic E-state index is 0.334. The summed E-state index contributed by atoms with van der Waals surface area (Å²) in [7, 11) is 1.59. The summed E-state index contributed by atoms with van der Waals surface area (Å²) < 4.78 is 11.0. The zero-order chi connectivity index (χ0) is 17.5. The molecule has 1 aromatic heterocycles. The Kier molecular flexibility index (Phi) is 7.64. The maximum Gasteiger partial charge on any atom is 0.312 e. The molecule has 0 spiro atoms. The van der Waals surface area contributed by atoms with Crippen molar-refractivity contribution in [1.82, 2.24) is 4.98 Å². The van der Waals surface area contributed by atoms with Crippen molar-refractivity contribution >= 4 is 44.8 Å². The summed E-state index contributed by atoms with van der Waals surface area (Å²) >= 11 is 10.7. The number of aromatic nitrogens is 1. The number of benzene rings is 1. The fourth-order valence-corrected chi connectivity index (χ4v) is 3.88. The fraction of sp³-hybridized carbons (Fsp3) is 0.375. The number of hydrogen-bond donors (Lipinski definition) is 1. The standard InChI is InChI=1S/C16H17BrClNO4S/c1-22-8-9-23-7-6-12(16(20)21)13-14(17)24-15(19-13)10-2-4-11(18)5-3-10/h2-5,12H,6-9H2,1H3,(H,20,21). The highest BCUT2D eigenvalue weighted by atomic mass is 79.9. The summed E-state index contributed by atoms with van der Waals surface area (Å²) in [4.78, 5) is 16.1. The van der Waals surface area contributed by atoms with Gasteiger partial charge in [-0.05, 0) is 34.5 Å². The lowest BCUT2D eigenvalue weighted by atomic mass is 10.0. The average molecular weight is 435 g/mol. The van der Waals surface area contributed by atoms with Crippen LogP contribution in [0.5, 0.6) is 0 Å². The molecule has 130 valence electrons. The number of carbonyl (C=O) groups is 1. The third-order valence-electron chi connectivity index (χ3n) is 3.31. The molecular weight excluding hydrogens is 418 g/mol. The summed E-state index contributed by atoms with van der Waals surface area (Å²) in [5.41, 5.74) is 1.42. The Morgan fingerprint density at radius 2 is 2.04 bits per heavy atom. The molecule has 1 heterocycles. The molecule has 2 rings (SSSR count). The number of nitrogens with zero attached hydrogens (tertiary/aromatic N) is 1. The van der Waals surface area contributed by atoms with Crippen LogP contribution in [-0.2, 0) is 14.3 Å². The van der Waals surface area contributed by atoms with E-state index in [1.807, 2.05) is 12.1 Å². The number of hydrogen-bond acceptors (Lipinski definition) is 5. The Labute approximate surface area is 157 Å². The molecule has 0 amide bonds. The van der Waals surface area contributed by atoms with Crippen molar-refractivity contribution < 1.29 is 19.4 Å². The van der Waals surface area contributed by atoms with Crippen LogP contribution < -0.4 is 0 Å². The van der Waals surface area contributed by atoms with E-state index in [1.165, 1.54) is 11.3 Å². The van der Waals surface area contributed by atoms with E-state index < -0.39 is 11.9 Å². The topological polar surface area (TPSA) is 68.7 Å². The molecular formula is C16H17BrClNO4S. The largest absolute Gasteiger partial charge is 0.481 e. The highest BCUT2D eigenvalue weighted by molar-refractivity contribution is 9.11. The van der Waals surface area contributed by atoms with Gasteiger partial charge >= 0.3 is 5.97 Å². The van der Waals surface area contributed by atoms with Gasteiger partial charge < -0.3 is 14.6 Å². The second kappa shape index (κ2) is 9.48. The lowest BCUT2D eigenvalue weighted by molar-refractivity contribution is -0.139. The van der Waals surface area contributed by atoms with Gasteiger partial charge in [0.05, 0.1) is 22.7 Å². The SMILES string of the molecule is COCCOCCC(C(=O)O)c1nc(-c2ccc(Cl)cc2)sc1Br. The van der Waals surface area contributed by atoms with E-state index in [0.717, 1.165) is 14.4 Å². The van der Waals surface area contributed by atoms with Gasteiger partial charge in [0, 0.05) is 24.3 Å². The number of methoxy groups -OCH3 is 1. The van der Waals surface area contributed by atoms with Gasteiger partial charge in [0.15, 0.2) is 0 Å². The average Bonchev–Trinajstić information content (AvgIpc) is 2.93. The smallest absolute Gasteiger partial charge is 0.312 e. The van der Waals surface area contributed by atoms with Crippen LogP contribution >= 0.6 is 38.9 Å². The van der Waals surface area contributed by atoms with Crippen LogP contribution in [0.2, 0.25) is 5.02 Å². The third-order valence-corrected chi connectivity index (χ3v) is 5.36. The number of carboxylic acids is 1. The summed E-state index contributed by atoms with van der Waals surface area (Å²) in [6, 6.07) is 7.29. The van der Waals surface area contributed by atoms with Crippen molar-refractivity contribution in [3.8, 4) is 10.6 Å². The minimum Gasteiger partial charge on any atom is -0.481 e. The van der Waals surface area contributed by atoms with Gasteiger partial charge in [0.1, 0.15) is 10.9 Å². The van der Waals surface area contributed by atoms with Crippen molar-refractivity contribution in [2.45, 2.75) is 12.3 Å². The molecule has 24 heavy (non-hydrogen) atoms. The van der Waals surface area contributed by atoms with Gasteiger partial charge in [0.2, 0.25) is 0 Å². The predicted octanol–water partition coefficient (Wildman–Crippen LogP) is 4.45. The number of rotatable bonds is 9. The summed E-state index contributed by atoms with van der Waals surface area (Å²) in [6.45, 7) is 1.26. The van der Waals surface area contributed by atoms with Gasteiger partial charge in [-0.25, -0.2) is 4.98 Å². The Morgan fingerprint density at radius 3 is 2.67 bits per heavy atom. The number of halogens is 2. The van der Waals surface area contributed by atoms with E-state index >= 15 is 0 Å². The van der Waals surface area contributed by atoms with Crippen molar-refractivity contribution in [3.63, 3.8) is 0 Å². The number of thiazole rings is 1. The first-order chi connectivity index (χ1) is 11.5. The van der Waals surface area contributed by atoms with Gasteiger partial charge in [0.25, 0.3) is 0 Å².